The summed E-state index contributed by atoms with van der Waals surface area (Å²) in [6.45, 7) is 8.48. The molecule has 162 valence electrons. The molecule has 2 aliphatic rings. The predicted molar refractivity (Wildman–Crippen MR) is 113 cm³/mol. The molecule has 0 saturated heterocycles. The van der Waals surface area contributed by atoms with Crippen molar-refractivity contribution in [2.24, 2.45) is 17.6 Å². The lowest BCUT2D eigenvalue weighted by molar-refractivity contribution is -0.126. The highest BCUT2D eigenvalue weighted by Crippen LogP contribution is 2.26. The summed E-state index contributed by atoms with van der Waals surface area (Å²) in [5, 5.41) is 0. The van der Waals surface area contributed by atoms with Gasteiger partial charge in [-0.1, -0.05) is 47.0 Å². The van der Waals surface area contributed by atoms with E-state index in [1.165, 1.54) is 19.3 Å². The fourth-order valence-corrected chi connectivity index (χ4v) is 3.62. The minimum absolute atomic E-state index is 0. The smallest absolute Gasteiger partial charge is 0.219 e. The van der Waals surface area contributed by atoms with Gasteiger partial charge in [0.1, 0.15) is 5.78 Å². The molecule has 2 rings (SSSR count). The Labute approximate surface area is 168 Å². The van der Waals surface area contributed by atoms with Crippen LogP contribution in [0.15, 0.2) is 0 Å². The van der Waals surface area contributed by atoms with Crippen molar-refractivity contribution in [1.29, 1.82) is 0 Å². The van der Waals surface area contributed by atoms with Crippen molar-refractivity contribution in [3.05, 3.63) is 0 Å². The Morgan fingerprint density at radius 2 is 1.48 bits per heavy atom. The maximum absolute atomic E-state index is 11.5. The molecule has 0 radical (unpaired) electrons. The first-order valence-electron chi connectivity index (χ1n) is 10.9. The zero-order valence-electron chi connectivity index (χ0n) is 18.3. The third kappa shape index (κ3) is 12.2. The van der Waals surface area contributed by atoms with Crippen LogP contribution in [-0.4, -0.2) is 37.6 Å². The number of ether oxygens (including phenoxy) is 2. The van der Waals surface area contributed by atoms with Crippen molar-refractivity contribution in [1.82, 2.24) is 0 Å². The van der Waals surface area contributed by atoms with Crippen molar-refractivity contribution in [3.63, 3.8) is 0 Å². The molecule has 27 heavy (non-hydrogen) atoms. The molecule has 1 amide bonds. The fourth-order valence-electron chi connectivity index (χ4n) is 3.62. The van der Waals surface area contributed by atoms with Crippen molar-refractivity contribution in [2.75, 3.05) is 13.7 Å². The van der Waals surface area contributed by atoms with E-state index in [9.17, 15) is 9.59 Å². The first kappa shape index (κ1) is 26.1. The molecule has 2 fully saturated rings. The molecule has 0 aromatic heterocycles. The number of ketones is 1. The third-order valence-corrected chi connectivity index (χ3v) is 5.23. The number of methoxy groups -OCH3 is 1. The van der Waals surface area contributed by atoms with Gasteiger partial charge in [0, 0.05) is 26.8 Å². The number of primary amides is 1. The van der Waals surface area contributed by atoms with Gasteiger partial charge < -0.3 is 15.2 Å². The highest BCUT2D eigenvalue weighted by molar-refractivity contribution is 5.82. The molecule has 0 bridgehead atoms. The van der Waals surface area contributed by atoms with Crippen molar-refractivity contribution < 1.29 is 20.5 Å². The molecule has 0 unspecified atom stereocenters. The standard InChI is InChI=1S/C10H19NO3.C10H18O.C2H6.H2/c1-13-8-2-4-9(5-3-8)14-7-6-10(11)12;1-8(2)10(11)9-6-4-3-5-7-9;1-2;/h8-9H,2-7H2,1H3,(H2,11,12);8-9H,3-7H2,1-2H3;1-2H3;1H. The van der Waals surface area contributed by atoms with Crippen LogP contribution in [0.1, 0.15) is 93.3 Å². The van der Waals surface area contributed by atoms with E-state index in [0.717, 1.165) is 38.5 Å². The van der Waals surface area contributed by atoms with Crippen LogP contribution >= 0.6 is 0 Å². The van der Waals surface area contributed by atoms with Crippen LogP contribution in [0.4, 0.5) is 0 Å². The molecule has 0 aromatic rings. The molecule has 2 saturated carbocycles. The molecule has 2 N–H and O–H groups in total. The Morgan fingerprint density at radius 3 is 1.93 bits per heavy atom. The summed E-state index contributed by atoms with van der Waals surface area (Å²) < 4.78 is 10.8. The van der Waals surface area contributed by atoms with Crippen LogP contribution in [0.2, 0.25) is 0 Å². The van der Waals surface area contributed by atoms with E-state index in [2.05, 4.69) is 0 Å². The number of rotatable bonds is 7. The average Bonchev–Trinajstić information content (AvgIpc) is 2.70. The second-order valence-corrected chi connectivity index (χ2v) is 7.61. The second kappa shape index (κ2) is 16.1. The summed E-state index contributed by atoms with van der Waals surface area (Å²) in [5.41, 5.74) is 5.01. The van der Waals surface area contributed by atoms with E-state index in [1.807, 2.05) is 27.7 Å². The molecule has 0 aromatic carbocycles. The fraction of sp³-hybridized carbons (Fsp3) is 0.909. The van der Waals surface area contributed by atoms with Crippen LogP contribution in [0.3, 0.4) is 0 Å². The zero-order valence-corrected chi connectivity index (χ0v) is 18.3. The normalized spacial score (nSPS) is 22.9. The van der Waals surface area contributed by atoms with Gasteiger partial charge >= 0.3 is 0 Å². The average molecular weight is 388 g/mol. The molecular formula is C22H45NO4. The molecule has 2 aliphatic carbocycles. The van der Waals surface area contributed by atoms with Gasteiger partial charge in [-0.15, -0.1) is 0 Å². The van der Waals surface area contributed by atoms with Crippen LogP contribution in [0, 0.1) is 11.8 Å². The Morgan fingerprint density at radius 1 is 0.963 bits per heavy atom. The van der Waals surface area contributed by atoms with E-state index in [-0.39, 0.29) is 13.3 Å². The maximum atomic E-state index is 11.5. The van der Waals surface area contributed by atoms with E-state index in [0.29, 0.717) is 36.9 Å². The first-order chi connectivity index (χ1) is 12.9. The number of hydrogen-bond donors (Lipinski definition) is 1. The van der Waals surface area contributed by atoms with E-state index in [4.69, 9.17) is 15.2 Å². The number of carbonyl (C=O) groups excluding carboxylic acids is 2. The first-order valence-corrected chi connectivity index (χ1v) is 10.9. The largest absolute Gasteiger partial charge is 0.381 e. The van der Waals surface area contributed by atoms with Crippen LogP contribution in [-0.2, 0) is 19.1 Å². The van der Waals surface area contributed by atoms with Crippen molar-refractivity contribution in [2.45, 2.75) is 104 Å². The Hall–Kier alpha value is -0.940. The lowest BCUT2D eigenvalue weighted by Crippen LogP contribution is -2.26. The minimum Gasteiger partial charge on any atom is -0.381 e. The highest BCUT2D eigenvalue weighted by atomic mass is 16.5. The van der Waals surface area contributed by atoms with Crippen LogP contribution in [0.25, 0.3) is 0 Å². The van der Waals surface area contributed by atoms with Gasteiger partial charge in [-0.3, -0.25) is 9.59 Å². The van der Waals surface area contributed by atoms with Gasteiger partial charge in [-0.05, 0) is 38.5 Å². The Kier molecular flexibility index (Phi) is 15.5. The van der Waals surface area contributed by atoms with Gasteiger partial charge in [-0.2, -0.15) is 0 Å². The van der Waals surface area contributed by atoms with Crippen LogP contribution in [0.5, 0.6) is 0 Å². The van der Waals surface area contributed by atoms with Gasteiger partial charge in [-0.25, -0.2) is 0 Å². The van der Waals surface area contributed by atoms with Gasteiger partial charge in [0.05, 0.1) is 18.8 Å². The Bertz CT molecular complexity index is 390. The SMILES string of the molecule is CC.CC(C)C(=O)C1CCCCC1.COC1CCC(OCCC(N)=O)CC1.[HH]. The summed E-state index contributed by atoms with van der Waals surface area (Å²) in [4.78, 5) is 22.0. The van der Waals surface area contributed by atoms with Crippen molar-refractivity contribution in [3.8, 4) is 0 Å². The second-order valence-electron chi connectivity index (χ2n) is 7.61. The lowest BCUT2D eigenvalue weighted by atomic mass is 9.83. The summed E-state index contributed by atoms with van der Waals surface area (Å²) in [7, 11) is 1.75. The molecule has 5 nitrogen and oxygen atoms in total. The quantitative estimate of drug-likeness (QED) is 0.674. The number of amides is 1. The number of Topliss-reactive ketones (excluding diaryl/α,β-unsaturated/α-hetero) is 1. The van der Waals surface area contributed by atoms with Gasteiger partial charge in [0.15, 0.2) is 0 Å². The minimum atomic E-state index is -0.296. The van der Waals surface area contributed by atoms with E-state index < -0.39 is 0 Å². The zero-order chi connectivity index (χ0) is 20.7. The highest BCUT2D eigenvalue weighted by Gasteiger charge is 2.22. The molecule has 5 heteroatoms. The number of hydrogen-bond acceptors (Lipinski definition) is 4. The summed E-state index contributed by atoms with van der Waals surface area (Å²) in [6, 6.07) is 0. The monoisotopic (exact) mass is 387 g/mol. The molecule has 0 aliphatic heterocycles. The third-order valence-electron chi connectivity index (χ3n) is 5.23. The van der Waals surface area contributed by atoms with E-state index >= 15 is 0 Å². The van der Waals surface area contributed by atoms with E-state index in [1.54, 1.807) is 7.11 Å². The summed E-state index contributed by atoms with van der Waals surface area (Å²) >= 11 is 0. The maximum Gasteiger partial charge on any atom is 0.219 e. The molecule has 0 heterocycles. The molecule has 0 atom stereocenters. The summed E-state index contributed by atoms with van der Waals surface area (Å²) in [5.74, 6) is 0.849. The van der Waals surface area contributed by atoms with Gasteiger partial charge in [0.2, 0.25) is 5.91 Å². The molecule has 0 spiro atoms. The van der Waals surface area contributed by atoms with Gasteiger partial charge in [0.25, 0.3) is 0 Å². The Balaban J connectivity index is 0. The lowest BCUT2D eigenvalue weighted by Gasteiger charge is -2.27. The topological polar surface area (TPSA) is 78.6 Å². The van der Waals surface area contributed by atoms with Crippen LogP contribution < -0.4 is 5.73 Å². The summed E-state index contributed by atoms with van der Waals surface area (Å²) in [6.07, 6.45) is 11.3. The van der Waals surface area contributed by atoms with Crippen molar-refractivity contribution >= 4 is 11.7 Å². The number of nitrogens with two attached hydrogens (primary N) is 1. The predicted octanol–water partition coefficient (Wildman–Crippen LogP) is 4.90. The molecular weight excluding hydrogens is 342 g/mol. The number of carbonyl (C=O) groups is 2.